The van der Waals surface area contributed by atoms with Gasteiger partial charge in [-0.1, -0.05) is 19.1 Å². The summed E-state index contributed by atoms with van der Waals surface area (Å²) in [4.78, 5) is 0. The van der Waals surface area contributed by atoms with Crippen LogP contribution in [0.3, 0.4) is 0 Å². The summed E-state index contributed by atoms with van der Waals surface area (Å²) in [6.07, 6.45) is 6.80. The second-order valence-corrected chi connectivity index (χ2v) is 6.95. The Morgan fingerprint density at radius 2 is 1.67 bits per heavy atom. The zero-order chi connectivity index (χ0) is 11.1. The molecule has 3 aliphatic carbocycles. The van der Waals surface area contributed by atoms with Gasteiger partial charge in [-0.2, -0.15) is 0 Å². The van der Waals surface area contributed by atoms with E-state index in [2.05, 4.69) is 19.1 Å². The molecule has 0 aliphatic heterocycles. The Kier molecular flexibility index (Phi) is 3.07. The van der Waals surface area contributed by atoms with Gasteiger partial charge >= 0.3 is 7.60 Å². The number of allylic oxidation sites excluding steroid dienone is 2. The molecule has 0 spiro atoms. The predicted molar refractivity (Wildman–Crippen MR) is 59.9 cm³/mol. The van der Waals surface area contributed by atoms with Crippen molar-refractivity contribution in [3.05, 3.63) is 12.2 Å². The number of fused-ring (bicyclic) bond motifs is 2. The first-order chi connectivity index (χ1) is 7.12. The molecule has 4 atom stereocenters. The van der Waals surface area contributed by atoms with E-state index in [-0.39, 0.29) is 5.66 Å². The van der Waals surface area contributed by atoms with Crippen molar-refractivity contribution in [2.45, 2.75) is 25.4 Å². The first-order valence-corrected chi connectivity index (χ1v) is 7.13. The summed E-state index contributed by atoms with van der Waals surface area (Å²) < 4.78 is 22.7. The van der Waals surface area contributed by atoms with Crippen LogP contribution in [0, 0.1) is 17.8 Å². The van der Waals surface area contributed by atoms with Crippen LogP contribution >= 0.6 is 7.60 Å². The van der Waals surface area contributed by atoms with Crippen molar-refractivity contribution < 1.29 is 13.6 Å². The van der Waals surface area contributed by atoms with Crippen LogP contribution in [0.25, 0.3) is 0 Å². The SMILES string of the molecule is COP(=O)(OC)[C@H]1[C@H](C)[C@H]2C=C[C@@H]1CC2. The molecule has 4 heteroatoms. The van der Waals surface area contributed by atoms with Crippen LogP contribution < -0.4 is 0 Å². The van der Waals surface area contributed by atoms with Gasteiger partial charge in [-0.15, -0.1) is 0 Å². The van der Waals surface area contributed by atoms with Gasteiger partial charge < -0.3 is 9.05 Å². The molecule has 0 aromatic heterocycles. The minimum atomic E-state index is -2.91. The summed E-state index contributed by atoms with van der Waals surface area (Å²) in [6, 6.07) is 0. The van der Waals surface area contributed by atoms with Crippen molar-refractivity contribution in [1.82, 2.24) is 0 Å². The highest BCUT2D eigenvalue weighted by Crippen LogP contribution is 2.62. The third-order valence-corrected chi connectivity index (χ3v) is 6.57. The largest absolute Gasteiger partial charge is 0.334 e. The molecule has 86 valence electrons. The van der Waals surface area contributed by atoms with E-state index in [0.29, 0.717) is 17.8 Å². The molecule has 0 saturated heterocycles. The van der Waals surface area contributed by atoms with Crippen LogP contribution in [0.5, 0.6) is 0 Å². The van der Waals surface area contributed by atoms with Crippen LogP contribution in [-0.2, 0) is 13.6 Å². The molecule has 0 radical (unpaired) electrons. The van der Waals surface area contributed by atoms with Crippen LogP contribution in [0.15, 0.2) is 12.2 Å². The van der Waals surface area contributed by atoms with Gasteiger partial charge in [0.25, 0.3) is 0 Å². The fourth-order valence-electron chi connectivity index (χ4n) is 3.07. The smallest absolute Gasteiger partial charge is 0.312 e. The molecule has 0 N–H and O–H groups in total. The van der Waals surface area contributed by atoms with E-state index in [1.807, 2.05) is 0 Å². The highest BCUT2D eigenvalue weighted by atomic mass is 31.2. The maximum absolute atomic E-state index is 12.4. The van der Waals surface area contributed by atoms with Crippen molar-refractivity contribution in [2.75, 3.05) is 14.2 Å². The number of hydrogen-bond acceptors (Lipinski definition) is 3. The molecule has 0 amide bonds. The molecule has 2 bridgehead atoms. The maximum atomic E-state index is 12.4. The van der Waals surface area contributed by atoms with E-state index < -0.39 is 7.60 Å². The van der Waals surface area contributed by atoms with E-state index in [4.69, 9.17) is 9.05 Å². The van der Waals surface area contributed by atoms with Crippen molar-refractivity contribution in [2.24, 2.45) is 17.8 Å². The van der Waals surface area contributed by atoms with Gasteiger partial charge in [-0.05, 0) is 30.6 Å². The fourth-order valence-corrected chi connectivity index (χ4v) is 5.22. The Hall–Kier alpha value is -0.110. The monoisotopic (exact) mass is 230 g/mol. The Morgan fingerprint density at radius 3 is 2.07 bits per heavy atom. The van der Waals surface area contributed by atoms with Crippen molar-refractivity contribution in [3.8, 4) is 0 Å². The maximum Gasteiger partial charge on any atom is 0.334 e. The lowest BCUT2D eigenvalue weighted by Gasteiger charge is -2.44. The first kappa shape index (κ1) is 11.4. The average Bonchev–Trinajstić information content (AvgIpc) is 2.29. The van der Waals surface area contributed by atoms with Gasteiger partial charge in [0.05, 0.1) is 5.66 Å². The molecule has 0 unspecified atom stereocenters. The Balaban J connectivity index is 2.30. The summed E-state index contributed by atoms with van der Waals surface area (Å²) in [7, 11) is 0.0720. The normalized spacial score (nSPS) is 39.7. The van der Waals surface area contributed by atoms with Gasteiger partial charge in [0, 0.05) is 14.2 Å². The van der Waals surface area contributed by atoms with Crippen molar-refractivity contribution in [1.29, 1.82) is 0 Å². The van der Waals surface area contributed by atoms with E-state index in [9.17, 15) is 4.57 Å². The topological polar surface area (TPSA) is 35.5 Å². The lowest BCUT2D eigenvalue weighted by molar-refractivity contribution is 0.187. The Morgan fingerprint density at radius 1 is 1.13 bits per heavy atom. The molecule has 15 heavy (non-hydrogen) atoms. The fraction of sp³-hybridized carbons (Fsp3) is 0.818. The zero-order valence-corrected chi connectivity index (χ0v) is 10.4. The lowest BCUT2D eigenvalue weighted by Crippen LogP contribution is -2.39. The molecule has 3 aliphatic rings. The summed E-state index contributed by atoms with van der Waals surface area (Å²) in [5, 5.41) is 0. The molecule has 0 aromatic rings. The van der Waals surface area contributed by atoms with E-state index >= 15 is 0 Å². The standard InChI is InChI=1S/C11H19O3P/c1-8-9-4-6-10(7-5-9)11(8)15(12,13-2)14-3/h4,6,8-11H,5,7H2,1-3H3/t8-,9+,10-,11+/m1/s1. The van der Waals surface area contributed by atoms with Gasteiger partial charge in [0.15, 0.2) is 0 Å². The summed E-state index contributed by atoms with van der Waals surface area (Å²) in [6.45, 7) is 2.16. The van der Waals surface area contributed by atoms with E-state index in [0.717, 1.165) is 6.42 Å². The highest BCUT2D eigenvalue weighted by molar-refractivity contribution is 7.54. The van der Waals surface area contributed by atoms with Gasteiger partial charge in [0.2, 0.25) is 0 Å². The van der Waals surface area contributed by atoms with Gasteiger partial charge in [-0.3, -0.25) is 4.57 Å². The number of rotatable bonds is 3. The summed E-state index contributed by atoms with van der Waals surface area (Å²) >= 11 is 0. The molecule has 0 aromatic carbocycles. The molecule has 3 rings (SSSR count). The zero-order valence-electron chi connectivity index (χ0n) is 9.55. The highest BCUT2D eigenvalue weighted by Gasteiger charge is 2.49. The Bertz CT molecular complexity index is 305. The van der Waals surface area contributed by atoms with Crippen LogP contribution in [0.2, 0.25) is 0 Å². The minimum absolute atomic E-state index is 0.0521. The summed E-state index contributed by atoms with van der Waals surface area (Å²) in [5.41, 5.74) is 0.0521. The third kappa shape index (κ3) is 1.71. The average molecular weight is 230 g/mol. The summed E-state index contributed by atoms with van der Waals surface area (Å²) in [5.74, 6) is 1.33. The molecular weight excluding hydrogens is 211 g/mol. The van der Waals surface area contributed by atoms with E-state index in [1.165, 1.54) is 20.6 Å². The van der Waals surface area contributed by atoms with Crippen LogP contribution in [0.1, 0.15) is 19.8 Å². The molecule has 3 nitrogen and oxygen atoms in total. The van der Waals surface area contributed by atoms with Gasteiger partial charge in [0.1, 0.15) is 0 Å². The quantitative estimate of drug-likeness (QED) is 0.552. The van der Waals surface area contributed by atoms with Crippen LogP contribution in [-0.4, -0.2) is 19.9 Å². The lowest BCUT2D eigenvalue weighted by atomic mass is 9.69. The van der Waals surface area contributed by atoms with Crippen molar-refractivity contribution in [3.63, 3.8) is 0 Å². The Labute approximate surface area is 91.4 Å². The minimum Gasteiger partial charge on any atom is -0.312 e. The second-order valence-electron chi connectivity index (χ2n) is 4.54. The predicted octanol–water partition coefficient (Wildman–Crippen LogP) is 3.07. The molecule has 0 heterocycles. The van der Waals surface area contributed by atoms with Crippen molar-refractivity contribution >= 4 is 7.60 Å². The third-order valence-electron chi connectivity index (χ3n) is 3.97. The second kappa shape index (κ2) is 4.04. The van der Waals surface area contributed by atoms with E-state index in [1.54, 1.807) is 0 Å². The first-order valence-electron chi connectivity index (χ1n) is 5.52. The van der Waals surface area contributed by atoms with Crippen LogP contribution in [0.4, 0.5) is 0 Å². The molecule has 1 saturated carbocycles. The molecular formula is C11H19O3P. The molecule has 1 fully saturated rings. The van der Waals surface area contributed by atoms with Gasteiger partial charge in [-0.25, -0.2) is 0 Å². The number of hydrogen-bond donors (Lipinski definition) is 0.